The molecule has 0 fully saturated rings. The first-order valence-electron chi connectivity index (χ1n) is 12.4. The molecule has 0 radical (unpaired) electrons. The molecule has 13 heteroatoms. The predicted molar refractivity (Wildman–Crippen MR) is 159 cm³/mol. The number of hydrogen-bond acceptors (Lipinski definition) is 13. The van der Waals surface area contributed by atoms with Gasteiger partial charge in [-0.2, -0.15) is 0 Å². The van der Waals surface area contributed by atoms with E-state index in [1.54, 1.807) is 12.1 Å². The van der Waals surface area contributed by atoms with E-state index in [1.165, 1.54) is 21.3 Å². The highest BCUT2D eigenvalue weighted by molar-refractivity contribution is 7.80. The summed E-state index contributed by atoms with van der Waals surface area (Å²) in [5.74, 6) is -1.53. The van der Waals surface area contributed by atoms with Crippen molar-refractivity contribution < 1.29 is 47.9 Å². The zero-order valence-corrected chi connectivity index (χ0v) is 25.4. The van der Waals surface area contributed by atoms with E-state index in [2.05, 4.69) is 0 Å². The molecule has 1 N–H and O–H groups in total. The number of benzene rings is 1. The third kappa shape index (κ3) is 15.4. The van der Waals surface area contributed by atoms with Gasteiger partial charge in [-0.15, -0.1) is 0 Å². The van der Waals surface area contributed by atoms with E-state index in [4.69, 9.17) is 65.1 Å². The van der Waals surface area contributed by atoms with Crippen molar-refractivity contribution in [2.45, 2.75) is 38.5 Å². The highest BCUT2D eigenvalue weighted by Gasteiger charge is 2.18. The van der Waals surface area contributed by atoms with E-state index < -0.39 is 17.9 Å². The van der Waals surface area contributed by atoms with Crippen LogP contribution in [0.3, 0.4) is 0 Å². The Hall–Kier alpha value is -2.42. The maximum absolute atomic E-state index is 12.1. The Labute approximate surface area is 250 Å². The van der Waals surface area contributed by atoms with Gasteiger partial charge in [0.25, 0.3) is 0 Å². The molecule has 1 rings (SSSR count). The third-order valence-electron chi connectivity index (χ3n) is 5.18. The van der Waals surface area contributed by atoms with Gasteiger partial charge in [0.2, 0.25) is 0 Å². The van der Waals surface area contributed by atoms with Gasteiger partial charge in [-0.1, -0.05) is 48.8 Å². The van der Waals surface area contributed by atoms with Crippen LogP contribution in [-0.2, 0) is 62.1 Å². The number of rotatable bonds is 21. The van der Waals surface area contributed by atoms with Gasteiger partial charge < -0.3 is 33.5 Å². The molecule has 0 unspecified atom stereocenters. The molecular weight excluding hydrogens is 580 g/mol. The fourth-order valence-electron chi connectivity index (χ4n) is 3.40. The quantitative estimate of drug-likeness (QED) is 0.0942. The first-order chi connectivity index (χ1) is 19.1. The molecule has 0 amide bonds. The van der Waals surface area contributed by atoms with Crippen LogP contribution in [0, 0.1) is 0 Å². The molecule has 0 aliphatic carbocycles. The molecule has 0 saturated heterocycles. The van der Waals surface area contributed by atoms with Gasteiger partial charge in [0.15, 0.2) is 0 Å². The second kappa shape index (κ2) is 20.5. The Morgan fingerprint density at radius 1 is 0.600 bits per heavy atom. The van der Waals surface area contributed by atoms with E-state index in [0.29, 0.717) is 31.3 Å². The molecule has 0 spiro atoms. The maximum atomic E-state index is 12.1. The monoisotopic (exact) mass is 616 g/mol. The van der Waals surface area contributed by atoms with Crippen LogP contribution in [0.15, 0.2) is 12.1 Å². The molecule has 0 aliphatic heterocycles. The molecule has 0 bridgehead atoms. The van der Waals surface area contributed by atoms with Crippen molar-refractivity contribution in [3.05, 3.63) is 28.8 Å². The standard InChI is InChI=1S/C27H36O10S3/c1-32-4-7-35-24(28)15-21(38)12-18-10-19(13-22(39)16-25(29)36-8-5-33-2)27(31)20(11-18)14-23(40)17-26(30)37-9-6-34-3/h10-11,31H,4-9,12-17H2,1-3H3. The van der Waals surface area contributed by atoms with Crippen LogP contribution in [0.1, 0.15) is 36.0 Å². The summed E-state index contributed by atoms with van der Waals surface area (Å²) < 4.78 is 29.8. The van der Waals surface area contributed by atoms with E-state index in [1.807, 2.05) is 0 Å². The Morgan fingerprint density at radius 3 is 1.25 bits per heavy atom. The molecule has 0 aliphatic rings. The summed E-state index contributed by atoms with van der Waals surface area (Å²) in [5, 5.41) is 11.0. The van der Waals surface area contributed by atoms with Crippen molar-refractivity contribution in [1.82, 2.24) is 0 Å². The van der Waals surface area contributed by atoms with Crippen LogP contribution in [0.5, 0.6) is 5.75 Å². The zero-order valence-electron chi connectivity index (χ0n) is 23.0. The number of methoxy groups -OCH3 is 3. The van der Waals surface area contributed by atoms with Crippen molar-refractivity contribution in [2.75, 3.05) is 61.0 Å². The SMILES string of the molecule is COCCOC(=O)CC(=S)Cc1cc(CC(=S)CC(=O)OCCOC)c(O)c(CC(=S)CC(=O)OCCOC)c1. The summed E-state index contributed by atoms with van der Waals surface area (Å²) in [4.78, 5) is 37.3. The summed E-state index contributed by atoms with van der Waals surface area (Å²) >= 11 is 16.2. The summed E-state index contributed by atoms with van der Waals surface area (Å²) in [6.07, 6.45) is 0.164. The maximum Gasteiger partial charge on any atom is 0.310 e. The normalized spacial score (nSPS) is 10.6. The predicted octanol–water partition coefficient (Wildman–Crippen LogP) is 2.87. The van der Waals surface area contributed by atoms with Crippen molar-refractivity contribution in [2.24, 2.45) is 0 Å². The zero-order chi connectivity index (χ0) is 29.9. The minimum atomic E-state index is -0.501. The third-order valence-corrected chi connectivity index (χ3v) is 6.05. The first-order valence-corrected chi connectivity index (χ1v) is 13.6. The molecule has 0 saturated carbocycles. The second-order valence-corrected chi connectivity index (χ2v) is 10.3. The summed E-state index contributed by atoms with van der Waals surface area (Å²) in [7, 11) is 4.50. The summed E-state index contributed by atoms with van der Waals surface area (Å²) in [5.41, 5.74) is 1.62. The van der Waals surface area contributed by atoms with Crippen molar-refractivity contribution in [3.63, 3.8) is 0 Å². The lowest BCUT2D eigenvalue weighted by Gasteiger charge is -2.15. The number of phenols is 1. The number of aromatic hydroxyl groups is 1. The molecule has 1 aromatic carbocycles. The number of thiocarbonyl (C=S) groups is 3. The van der Waals surface area contributed by atoms with Gasteiger partial charge in [0, 0.05) is 55.2 Å². The lowest BCUT2D eigenvalue weighted by atomic mass is 9.94. The number of esters is 3. The summed E-state index contributed by atoms with van der Waals surface area (Å²) in [6, 6.07) is 3.43. The van der Waals surface area contributed by atoms with Gasteiger partial charge in [0.1, 0.15) is 25.6 Å². The van der Waals surface area contributed by atoms with Gasteiger partial charge in [0.05, 0.1) is 39.1 Å². The average molecular weight is 617 g/mol. The molecule has 222 valence electrons. The molecule has 0 aromatic heterocycles. The van der Waals surface area contributed by atoms with Crippen LogP contribution in [0.4, 0.5) is 0 Å². The molecule has 0 atom stereocenters. The molecule has 40 heavy (non-hydrogen) atoms. The van der Waals surface area contributed by atoms with Crippen molar-refractivity contribution in [3.8, 4) is 5.75 Å². The van der Waals surface area contributed by atoms with Gasteiger partial charge in [-0.25, -0.2) is 0 Å². The van der Waals surface area contributed by atoms with Gasteiger partial charge >= 0.3 is 17.9 Å². The fourth-order valence-corrected chi connectivity index (χ4v) is 4.23. The Bertz CT molecular complexity index is 982. The first kappa shape index (κ1) is 35.6. The minimum Gasteiger partial charge on any atom is -0.507 e. The van der Waals surface area contributed by atoms with Gasteiger partial charge in [-0.05, 0) is 16.7 Å². The number of carbonyl (C=O) groups excluding carboxylic acids is 3. The molecule has 1 aromatic rings. The highest BCUT2D eigenvalue weighted by atomic mass is 32.1. The number of phenolic OH excluding ortho intramolecular Hbond substituents is 1. The second-order valence-electron chi connectivity index (χ2n) is 8.58. The Balaban J connectivity index is 3.04. The average Bonchev–Trinajstić information content (AvgIpc) is 2.87. The van der Waals surface area contributed by atoms with Crippen LogP contribution in [0.25, 0.3) is 0 Å². The van der Waals surface area contributed by atoms with Crippen molar-refractivity contribution >= 4 is 69.2 Å². The van der Waals surface area contributed by atoms with E-state index in [9.17, 15) is 19.5 Å². The summed E-state index contributed by atoms with van der Waals surface area (Å²) in [6.45, 7) is 1.17. The highest BCUT2D eigenvalue weighted by Crippen LogP contribution is 2.28. The van der Waals surface area contributed by atoms with Crippen molar-refractivity contribution in [1.29, 1.82) is 0 Å². The van der Waals surface area contributed by atoms with Crippen LogP contribution in [0.2, 0.25) is 0 Å². The smallest absolute Gasteiger partial charge is 0.310 e. The van der Waals surface area contributed by atoms with E-state index >= 15 is 0 Å². The topological polar surface area (TPSA) is 127 Å². The largest absolute Gasteiger partial charge is 0.507 e. The Morgan fingerprint density at radius 2 is 0.925 bits per heavy atom. The number of ether oxygens (including phenoxy) is 6. The molecular formula is C27H36O10S3. The van der Waals surface area contributed by atoms with Gasteiger partial charge in [-0.3, -0.25) is 14.4 Å². The lowest BCUT2D eigenvalue weighted by molar-refractivity contribution is -0.144. The van der Waals surface area contributed by atoms with E-state index in [0.717, 1.165) is 0 Å². The fraction of sp³-hybridized carbons (Fsp3) is 0.556. The van der Waals surface area contributed by atoms with Crippen LogP contribution in [-0.4, -0.2) is 98.6 Å². The Kier molecular flexibility index (Phi) is 18.2. The molecule has 0 heterocycles. The van der Waals surface area contributed by atoms with Crippen LogP contribution < -0.4 is 0 Å². The van der Waals surface area contributed by atoms with E-state index in [-0.39, 0.29) is 83.9 Å². The van der Waals surface area contributed by atoms with Crippen LogP contribution >= 0.6 is 36.7 Å². The lowest BCUT2D eigenvalue weighted by Crippen LogP contribution is -2.16. The number of carbonyl (C=O) groups is 3. The molecule has 10 nitrogen and oxygen atoms in total. The number of hydrogen-bond donors (Lipinski definition) is 1. The minimum absolute atomic E-state index is 0.0566.